The zero-order valence-corrected chi connectivity index (χ0v) is 17.4. The fraction of sp³-hybridized carbons (Fsp3) is 0.389. The first-order valence-electron chi connectivity index (χ1n) is 9.07. The number of hydrogen-bond donors (Lipinski definition) is 0. The van der Waals surface area contributed by atoms with E-state index in [-0.39, 0.29) is 11.2 Å². The Bertz CT molecular complexity index is 1310. The Morgan fingerprint density at radius 3 is 2.66 bits per heavy atom. The molecule has 0 bridgehead atoms. The molecule has 0 aliphatic heterocycles. The molecule has 0 radical (unpaired) electrons. The lowest BCUT2D eigenvalue weighted by Gasteiger charge is -2.08. The van der Waals surface area contributed by atoms with Gasteiger partial charge in [0, 0.05) is 33.4 Å². The van der Waals surface area contributed by atoms with Gasteiger partial charge in [-0.2, -0.15) is 0 Å². The molecule has 0 aliphatic carbocycles. The second-order valence-corrected chi connectivity index (χ2v) is 7.85. The third-order valence-electron chi connectivity index (χ3n) is 4.89. The van der Waals surface area contributed by atoms with Crippen LogP contribution in [0.3, 0.4) is 0 Å². The lowest BCUT2D eigenvalue weighted by atomic mass is 10.2. The second kappa shape index (κ2) is 7.39. The van der Waals surface area contributed by atoms with Crippen molar-refractivity contribution in [2.45, 2.75) is 25.0 Å². The van der Waals surface area contributed by atoms with Gasteiger partial charge in [0.2, 0.25) is 0 Å². The summed E-state index contributed by atoms with van der Waals surface area (Å²) in [5.74, 6) is 2.22. The standard InChI is InChI=1S/C18H21N7O3S/c1-11-12(6-8-28-11)14-20-21-17(23(14)3)29-9-5-7-25-16(26)13-15(19-10-22(13)2)24(4)18(25)27/h6,8,10H,5,7,9H2,1-4H3. The molecule has 4 aromatic heterocycles. The number of hydrogen-bond acceptors (Lipinski definition) is 7. The van der Waals surface area contributed by atoms with E-state index in [1.807, 2.05) is 24.6 Å². The summed E-state index contributed by atoms with van der Waals surface area (Å²) in [7, 11) is 5.27. The third kappa shape index (κ3) is 3.20. The van der Waals surface area contributed by atoms with Crippen molar-refractivity contribution in [1.29, 1.82) is 0 Å². The first kappa shape index (κ1) is 19.2. The molecule has 0 fully saturated rings. The summed E-state index contributed by atoms with van der Waals surface area (Å²) in [5.41, 5.74) is 1.06. The zero-order valence-electron chi connectivity index (χ0n) is 16.6. The SMILES string of the molecule is Cc1occc1-c1nnc(SCCCn2c(=O)c3c(ncn3C)n(C)c2=O)n1C. The van der Waals surface area contributed by atoms with Crippen LogP contribution in [0.15, 0.2) is 37.8 Å². The van der Waals surface area contributed by atoms with E-state index in [1.54, 1.807) is 31.3 Å². The molecule has 4 aromatic rings. The van der Waals surface area contributed by atoms with Crippen LogP contribution in [-0.2, 0) is 27.7 Å². The van der Waals surface area contributed by atoms with Crippen LogP contribution in [0.4, 0.5) is 0 Å². The van der Waals surface area contributed by atoms with Crippen molar-refractivity contribution in [2.75, 3.05) is 5.75 Å². The molecule has 0 spiro atoms. The van der Waals surface area contributed by atoms with Crippen LogP contribution >= 0.6 is 11.8 Å². The molecule has 29 heavy (non-hydrogen) atoms. The Morgan fingerprint density at radius 2 is 1.93 bits per heavy atom. The van der Waals surface area contributed by atoms with Crippen molar-refractivity contribution in [3.63, 3.8) is 0 Å². The fourth-order valence-electron chi connectivity index (χ4n) is 3.27. The number of fused-ring (bicyclic) bond motifs is 1. The number of aryl methyl sites for hydroxylation is 3. The number of furan rings is 1. The normalized spacial score (nSPS) is 11.6. The van der Waals surface area contributed by atoms with E-state index in [9.17, 15) is 9.59 Å². The van der Waals surface area contributed by atoms with E-state index in [0.29, 0.717) is 29.9 Å². The van der Waals surface area contributed by atoms with Gasteiger partial charge in [-0.05, 0) is 19.4 Å². The summed E-state index contributed by atoms with van der Waals surface area (Å²) >= 11 is 1.53. The van der Waals surface area contributed by atoms with E-state index < -0.39 is 0 Å². The van der Waals surface area contributed by atoms with E-state index in [0.717, 1.165) is 22.3 Å². The predicted octanol–water partition coefficient (Wildman–Crippen LogP) is 1.31. The number of thioether (sulfide) groups is 1. The van der Waals surface area contributed by atoms with Gasteiger partial charge >= 0.3 is 5.69 Å². The highest BCUT2D eigenvalue weighted by Gasteiger charge is 2.16. The smallest absolute Gasteiger partial charge is 0.332 e. The van der Waals surface area contributed by atoms with Gasteiger partial charge in [-0.15, -0.1) is 10.2 Å². The molecule has 0 saturated heterocycles. The lowest BCUT2D eigenvalue weighted by Crippen LogP contribution is -2.39. The number of aromatic nitrogens is 7. The minimum Gasteiger partial charge on any atom is -0.469 e. The number of nitrogens with zero attached hydrogens (tertiary/aromatic N) is 7. The van der Waals surface area contributed by atoms with E-state index in [4.69, 9.17) is 4.42 Å². The van der Waals surface area contributed by atoms with Gasteiger partial charge in [-0.3, -0.25) is 13.9 Å². The van der Waals surface area contributed by atoms with Crippen LogP contribution < -0.4 is 11.2 Å². The fourth-order valence-corrected chi connectivity index (χ4v) is 4.11. The highest BCUT2D eigenvalue weighted by atomic mass is 32.2. The van der Waals surface area contributed by atoms with Gasteiger partial charge in [0.1, 0.15) is 5.76 Å². The van der Waals surface area contributed by atoms with Gasteiger partial charge in [0.25, 0.3) is 5.56 Å². The average molecular weight is 415 g/mol. The highest BCUT2D eigenvalue weighted by Crippen LogP contribution is 2.26. The van der Waals surface area contributed by atoms with Crippen molar-refractivity contribution in [2.24, 2.45) is 21.1 Å². The first-order chi connectivity index (χ1) is 13.9. The van der Waals surface area contributed by atoms with Crippen LogP contribution in [-0.4, -0.2) is 39.2 Å². The summed E-state index contributed by atoms with van der Waals surface area (Å²) < 4.78 is 11.6. The largest absolute Gasteiger partial charge is 0.469 e. The van der Waals surface area contributed by atoms with E-state index in [1.165, 1.54) is 20.9 Å². The topological polar surface area (TPSA) is 106 Å². The third-order valence-corrected chi connectivity index (χ3v) is 6.00. The minimum atomic E-state index is -0.359. The number of imidazole rings is 1. The highest BCUT2D eigenvalue weighted by molar-refractivity contribution is 7.99. The molecule has 0 atom stereocenters. The molecular formula is C18H21N7O3S. The van der Waals surface area contributed by atoms with Crippen molar-refractivity contribution >= 4 is 22.9 Å². The molecule has 152 valence electrons. The molecule has 0 unspecified atom stereocenters. The predicted molar refractivity (Wildman–Crippen MR) is 109 cm³/mol. The summed E-state index contributed by atoms with van der Waals surface area (Å²) in [4.78, 5) is 29.4. The molecule has 0 aromatic carbocycles. The summed E-state index contributed by atoms with van der Waals surface area (Å²) in [6.07, 6.45) is 3.80. The maximum atomic E-state index is 12.7. The maximum Gasteiger partial charge on any atom is 0.332 e. The van der Waals surface area contributed by atoms with Gasteiger partial charge in [0.15, 0.2) is 22.1 Å². The van der Waals surface area contributed by atoms with Crippen LogP contribution in [0.2, 0.25) is 0 Å². The Hall–Kier alpha value is -3.08. The summed E-state index contributed by atoms with van der Waals surface area (Å²) in [6, 6.07) is 1.87. The molecule has 11 heteroatoms. The number of rotatable bonds is 6. The molecule has 4 heterocycles. The first-order valence-corrected chi connectivity index (χ1v) is 10.1. The van der Waals surface area contributed by atoms with E-state index in [2.05, 4.69) is 15.2 Å². The molecule has 4 rings (SSSR count). The van der Waals surface area contributed by atoms with Gasteiger partial charge < -0.3 is 13.6 Å². The molecule has 10 nitrogen and oxygen atoms in total. The van der Waals surface area contributed by atoms with Gasteiger partial charge in [-0.1, -0.05) is 11.8 Å². The van der Waals surface area contributed by atoms with Crippen LogP contribution in [0, 0.1) is 6.92 Å². The Morgan fingerprint density at radius 1 is 1.14 bits per heavy atom. The quantitative estimate of drug-likeness (QED) is 0.345. The second-order valence-electron chi connectivity index (χ2n) is 6.78. The molecular weight excluding hydrogens is 394 g/mol. The van der Waals surface area contributed by atoms with Crippen molar-refractivity contribution in [1.82, 2.24) is 33.4 Å². The Labute approximate surface area is 169 Å². The van der Waals surface area contributed by atoms with Gasteiger partial charge in [-0.25, -0.2) is 9.78 Å². The van der Waals surface area contributed by atoms with E-state index >= 15 is 0 Å². The van der Waals surface area contributed by atoms with Crippen LogP contribution in [0.25, 0.3) is 22.6 Å². The van der Waals surface area contributed by atoms with Crippen LogP contribution in [0.1, 0.15) is 12.2 Å². The molecule has 0 aliphatic rings. The monoisotopic (exact) mass is 415 g/mol. The summed E-state index contributed by atoms with van der Waals surface area (Å²) in [6.45, 7) is 2.21. The Kier molecular flexibility index (Phi) is 4.91. The Balaban J connectivity index is 1.48. The molecule has 0 amide bonds. The molecule has 0 saturated carbocycles. The lowest BCUT2D eigenvalue weighted by molar-refractivity contribution is 0.534. The van der Waals surface area contributed by atoms with Crippen molar-refractivity contribution in [3.05, 3.63) is 45.3 Å². The van der Waals surface area contributed by atoms with Crippen molar-refractivity contribution in [3.8, 4) is 11.4 Å². The summed E-state index contributed by atoms with van der Waals surface area (Å²) in [5, 5.41) is 9.25. The molecule has 0 N–H and O–H groups in total. The van der Waals surface area contributed by atoms with Gasteiger partial charge in [0.05, 0.1) is 18.2 Å². The van der Waals surface area contributed by atoms with Crippen molar-refractivity contribution < 1.29 is 4.42 Å². The minimum absolute atomic E-state index is 0.315. The maximum absolute atomic E-state index is 12.7. The average Bonchev–Trinajstić information content (AvgIpc) is 3.38. The zero-order chi connectivity index (χ0) is 20.7. The van der Waals surface area contributed by atoms with Crippen LogP contribution in [0.5, 0.6) is 0 Å².